The highest BCUT2D eigenvalue weighted by Gasteiger charge is 2.21. The molecule has 0 aliphatic carbocycles. The number of carbonyl (C=O) groups is 1. The molecule has 36 heavy (non-hydrogen) atoms. The average molecular weight is 506 g/mol. The Labute approximate surface area is 217 Å². The van der Waals surface area contributed by atoms with Gasteiger partial charge in [0.15, 0.2) is 0 Å². The first kappa shape index (κ1) is 25.6. The summed E-state index contributed by atoms with van der Waals surface area (Å²) in [7, 11) is 0. The zero-order chi connectivity index (χ0) is 25.8. The zero-order valence-corrected chi connectivity index (χ0v) is 22.2. The number of ether oxygens (including phenoxy) is 1. The second-order valence-corrected chi connectivity index (χ2v) is 10.1. The number of carbonyl (C=O) groups excluding carboxylic acids is 1. The van der Waals surface area contributed by atoms with Gasteiger partial charge in [-0.05, 0) is 30.5 Å². The van der Waals surface area contributed by atoms with E-state index in [9.17, 15) is 4.79 Å². The van der Waals surface area contributed by atoms with E-state index in [-0.39, 0.29) is 18.4 Å². The van der Waals surface area contributed by atoms with Crippen molar-refractivity contribution in [2.75, 3.05) is 6.54 Å². The summed E-state index contributed by atoms with van der Waals surface area (Å²) in [6.07, 6.45) is 8.82. The van der Waals surface area contributed by atoms with Gasteiger partial charge in [0.2, 0.25) is 5.91 Å². The van der Waals surface area contributed by atoms with E-state index in [0.29, 0.717) is 29.8 Å². The molecule has 0 saturated heterocycles. The van der Waals surface area contributed by atoms with Gasteiger partial charge in [-0.1, -0.05) is 51.4 Å². The van der Waals surface area contributed by atoms with Gasteiger partial charge < -0.3 is 14.2 Å². The van der Waals surface area contributed by atoms with Gasteiger partial charge in [0.1, 0.15) is 17.9 Å². The van der Waals surface area contributed by atoms with Crippen molar-refractivity contribution in [2.24, 2.45) is 11.8 Å². The van der Waals surface area contributed by atoms with E-state index in [0.717, 1.165) is 33.4 Å². The standard InChI is InChI=1S/C28H32ClN5O2/c1-18(2)14-34(28(35)19(3)4)15-21-12-31-13-24(29)23(21)16-36-26-8-6-7-22-25(33-10-9-30-17-33)11-20(5)32-27(22)26/h6-13,17-19H,14-16H2,1-5H3. The van der Waals surface area contributed by atoms with Crippen LogP contribution in [0.4, 0.5) is 0 Å². The molecule has 1 aromatic carbocycles. The zero-order valence-electron chi connectivity index (χ0n) is 21.4. The van der Waals surface area contributed by atoms with E-state index in [1.54, 1.807) is 24.9 Å². The van der Waals surface area contributed by atoms with Crippen LogP contribution in [0.15, 0.2) is 55.4 Å². The van der Waals surface area contributed by atoms with Crippen LogP contribution in [0.25, 0.3) is 16.6 Å². The number of amides is 1. The summed E-state index contributed by atoms with van der Waals surface area (Å²) < 4.78 is 8.29. The van der Waals surface area contributed by atoms with Crippen molar-refractivity contribution >= 4 is 28.4 Å². The first-order valence-corrected chi connectivity index (χ1v) is 12.5. The lowest BCUT2D eigenvalue weighted by Gasteiger charge is -2.27. The first-order chi connectivity index (χ1) is 17.2. The normalized spacial score (nSPS) is 11.4. The molecule has 0 unspecified atom stereocenters. The van der Waals surface area contributed by atoms with Crippen LogP contribution in [0, 0.1) is 18.8 Å². The Morgan fingerprint density at radius 2 is 1.97 bits per heavy atom. The second-order valence-electron chi connectivity index (χ2n) is 9.72. The molecule has 3 aromatic heterocycles. The van der Waals surface area contributed by atoms with Crippen molar-refractivity contribution in [3.05, 3.63) is 77.2 Å². The quantitative estimate of drug-likeness (QED) is 0.279. The molecule has 0 aliphatic heterocycles. The molecule has 1 amide bonds. The topological polar surface area (TPSA) is 73.1 Å². The third-order valence-corrected chi connectivity index (χ3v) is 6.24. The van der Waals surface area contributed by atoms with Crippen molar-refractivity contribution in [1.82, 2.24) is 24.4 Å². The number of hydrogen-bond acceptors (Lipinski definition) is 5. The van der Waals surface area contributed by atoms with Crippen LogP contribution in [0.2, 0.25) is 5.02 Å². The SMILES string of the molecule is Cc1cc(-n2ccnc2)c2cccc(OCc3c(Cl)cncc3CN(CC(C)C)C(=O)C(C)C)c2n1. The Morgan fingerprint density at radius 3 is 2.67 bits per heavy atom. The number of rotatable bonds is 9. The van der Waals surface area contributed by atoms with E-state index in [4.69, 9.17) is 21.3 Å². The molecule has 0 N–H and O–H groups in total. The monoisotopic (exact) mass is 505 g/mol. The molecule has 188 valence electrons. The minimum absolute atomic E-state index is 0.0923. The fourth-order valence-corrected chi connectivity index (χ4v) is 4.49. The maximum absolute atomic E-state index is 12.9. The van der Waals surface area contributed by atoms with Crippen LogP contribution < -0.4 is 4.74 Å². The van der Waals surface area contributed by atoms with Gasteiger partial charge >= 0.3 is 0 Å². The van der Waals surface area contributed by atoms with Crippen LogP contribution in [-0.2, 0) is 17.9 Å². The first-order valence-electron chi connectivity index (χ1n) is 12.2. The summed E-state index contributed by atoms with van der Waals surface area (Å²) in [4.78, 5) is 28.0. The number of aromatic nitrogens is 4. The van der Waals surface area contributed by atoms with Gasteiger partial charge in [-0.2, -0.15) is 0 Å². The third kappa shape index (κ3) is 5.68. The van der Waals surface area contributed by atoms with E-state index in [1.807, 2.05) is 60.7 Å². The smallest absolute Gasteiger partial charge is 0.225 e. The minimum Gasteiger partial charge on any atom is -0.487 e. The second kappa shape index (κ2) is 11.1. The number of para-hydroxylation sites is 1. The van der Waals surface area contributed by atoms with E-state index >= 15 is 0 Å². The van der Waals surface area contributed by atoms with Crippen molar-refractivity contribution in [1.29, 1.82) is 0 Å². The summed E-state index contributed by atoms with van der Waals surface area (Å²) in [6.45, 7) is 11.3. The van der Waals surface area contributed by atoms with Crippen LogP contribution in [0.5, 0.6) is 5.75 Å². The average Bonchev–Trinajstić information content (AvgIpc) is 3.37. The molecule has 4 aromatic rings. The molecule has 0 saturated carbocycles. The van der Waals surface area contributed by atoms with Gasteiger partial charge in [-0.25, -0.2) is 9.97 Å². The van der Waals surface area contributed by atoms with Gasteiger partial charge in [0, 0.05) is 60.4 Å². The molecular formula is C28H32ClN5O2. The van der Waals surface area contributed by atoms with E-state index in [1.165, 1.54) is 0 Å². The molecule has 0 fully saturated rings. The van der Waals surface area contributed by atoms with Gasteiger partial charge in [0.25, 0.3) is 0 Å². The molecule has 8 heteroatoms. The highest BCUT2D eigenvalue weighted by Crippen LogP contribution is 2.31. The highest BCUT2D eigenvalue weighted by molar-refractivity contribution is 6.31. The van der Waals surface area contributed by atoms with Crippen LogP contribution in [0.3, 0.4) is 0 Å². The maximum atomic E-state index is 12.9. The fourth-order valence-electron chi connectivity index (χ4n) is 4.25. The Balaban J connectivity index is 1.65. The van der Waals surface area contributed by atoms with Crippen LogP contribution in [0.1, 0.15) is 44.5 Å². The summed E-state index contributed by atoms with van der Waals surface area (Å²) in [5.41, 5.74) is 4.32. The van der Waals surface area contributed by atoms with Crippen molar-refractivity contribution in [3.8, 4) is 11.4 Å². The number of aryl methyl sites for hydroxylation is 1. The number of hydrogen-bond donors (Lipinski definition) is 0. The highest BCUT2D eigenvalue weighted by atomic mass is 35.5. The minimum atomic E-state index is -0.0923. The molecule has 4 rings (SSSR count). The summed E-state index contributed by atoms with van der Waals surface area (Å²) in [6, 6.07) is 7.92. The molecular weight excluding hydrogens is 474 g/mol. The van der Waals surface area contributed by atoms with Gasteiger partial charge in [0.05, 0.1) is 17.0 Å². The predicted molar refractivity (Wildman–Crippen MR) is 142 cm³/mol. The largest absolute Gasteiger partial charge is 0.487 e. The Morgan fingerprint density at radius 1 is 1.17 bits per heavy atom. The predicted octanol–water partition coefficient (Wildman–Crippen LogP) is 6.00. The summed E-state index contributed by atoms with van der Waals surface area (Å²) in [5.74, 6) is 1.02. The number of halogens is 1. The Bertz CT molecular complexity index is 1350. The van der Waals surface area contributed by atoms with E-state index < -0.39 is 0 Å². The van der Waals surface area contributed by atoms with Crippen molar-refractivity contribution in [3.63, 3.8) is 0 Å². The lowest BCUT2D eigenvalue weighted by atomic mass is 10.1. The molecule has 0 aliphatic rings. The maximum Gasteiger partial charge on any atom is 0.225 e. The number of benzene rings is 1. The van der Waals surface area contributed by atoms with Crippen molar-refractivity contribution in [2.45, 2.75) is 47.8 Å². The van der Waals surface area contributed by atoms with Gasteiger partial charge in [-0.15, -0.1) is 0 Å². The van der Waals surface area contributed by atoms with Crippen molar-refractivity contribution < 1.29 is 9.53 Å². The van der Waals surface area contributed by atoms with E-state index in [2.05, 4.69) is 23.8 Å². The lowest BCUT2D eigenvalue weighted by molar-refractivity contribution is -0.135. The fraction of sp³-hybridized carbons (Fsp3) is 0.357. The summed E-state index contributed by atoms with van der Waals surface area (Å²) in [5, 5.41) is 1.47. The lowest BCUT2D eigenvalue weighted by Crippen LogP contribution is -2.36. The Hall–Kier alpha value is -3.45. The number of fused-ring (bicyclic) bond motifs is 1. The molecule has 0 bridgehead atoms. The molecule has 0 radical (unpaired) electrons. The molecule has 0 atom stereocenters. The number of nitrogens with zero attached hydrogens (tertiary/aromatic N) is 5. The van der Waals surface area contributed by atoms with Gasteiger partial charge in [-0.3, -0.25) is 9.78 Å². The Kier molecular flexibility index (Phi) is 7.89. The number of pyridine rings is 2. The molecule has 0 spiro atoms. The molecule has 7 nitrogen and oxygen atoms in total. The van der Waals surface area contributed by atoms with Crippen LogP contribution in [-0.4, -0.2) is 36.9 Å². The summed E-state index contributed by atoms with van der Waals surface area (Å²) >= 11 is 6.59. The number of imidazole rings is 1. The molecule has 3 heterocycles. The third-order valence-electron chi connectivity index (χ3n) is 5.91. The van der Waals surface area contributed by atoms with Crippen LogP contribution >= 0.6 is 11.6 Å².